The van der Waals surface area contributed by atoms with Crippen molar-refractivity contribution in [1.29, 1.82) is 5.26 Å². The summed E-state index contributed by atoms with van der Waals surface area (Å²) >= 11 is 1.07. The second-order valence-electron chi connectivity index (χ2n) is 5.69. The van der Waals surface area contributed by atoms with Crippen LogP contribution in [0.5, 0.6) is 0 Å². The van der Waals surface area contributed by atoms with Gasteiger partial charge in [0.1, 0.15) is 9.88 Å². The molecule has 1 aromatic carbocycles. The molecular formula is C19H16N2O3S. The average Bonchev–Trinajstić information content (AvgIpc) is 3.04. The number of carbonyl (C=O) groups is 1. The maximum Gasteiger partial charge on any atom is 0.347 e. The third-order valence-corrected chi connectivity index (χ3v) is 5.47. The van der Waals surface area contributed by atoms with Crippen molar-refractivity contribution in [3.05, 3.63) is 75.3 Å². The van der Waals surface area contributed by atoms with E-state index in [1.165, 1.54) is 7.11 Å². The van der Waals surface area contributed by atoms with Gasteiger partial charge < -0.3 is 9.84 Å². The summed E-state index contributed by atoms with van der Waals surface area (Å²) < 4.78 is 5.67. The van der Waals surface area contributed by atoms with Crippen LogP contribution in [-0.4, -0.2) is 23.2 Å². The van der Waals surface area contributed by atoms with Gasteiger partial charge in [-0.25, -0.2) is 9.78 Å². The van der Waals surface area contributed by atoms with Crippen LogP contribution in [0.3, 0.4) is 0 Å². The number of hydrogen-bond donors (Lipinski definition) is 1. The minimum Gasteiger partial charge on any atom is -0.477 e. The zero-order valence-electron chi connectivity index (χ0n) is 13.8. The van der Waals surface area contributed by atoms with Gasteiger partial charge in [-0.3, -0.25) is 0 Å². The molecule has 25 heavy (non-hydrogen) atoms. The Balaban J connectivity index is 2.07. The molecule has 0 bridgehead atoms. The Labute approximate surface area is 149 Å². The average molecular weight is 352 g/mol. The lowest BCUT2D eigenvalue weighted by molar-refractivity contribution is 0.0697. The van der Waals surface area contributed by atoms with Crippen LogP contribution in [0.4, 0.5) is 0 Å². The van der Waals surface area contributed by atoms with Gasteiger partial charge in [0.05, 0.1) is 11.8 Å². The Hall–Kier alpha value is -2.75. The predicted octanol–water partition coefficient (Wildman–Crippen LogP) is 3.80. The molecule has 6 heteroatoms. The molecule has 2 atom stereocenters. The van der Waals surface area contributed by atoms with E-state index in [0.717, 1.165) is 16.9 Å². The van der Waals surface area contributed by atoms with Crippen molar-refractivity contribution in [2.24, 2.45) is 0 Å². The van der Waals surface area contributed by atoms with Crippen molar-refractivity contribution in [3.63, 3.8) is 0 Å². The van der Waals surface area contributed by atoms with Gasteiger partial charge in [-0.2, -0.15) is 5.26 Å². The van der Waals surface area contributed by atoms with Crippen molar-refractivity contribution in [2.45, 2.75) is 18.4 Å². The summed E-state index contributed by atoms with van der Waals surface area (Å²) in [6.45, 7) is 1.65. The van der Waals surface area contributed by atoms with E-state index in [1.54, 1.807) is 13.0 Å². The summed E-state index contributed by atoms with van der Waals surface area (Å²) in [5.74, 6) is -1.17. The van der Waals surface area contributed by atoms with Crippen molar-refractivity contribution < 1.29 is 14.6 Å². The normalized spacial score (nSPS) is 22.3. The topological polar surface area (TPSA) is 83.2 Å². The van der Waals surface area contributed by atoms with Crippen LogP contribution >= 0.6 is 11.3 Å². The second kappa shape index (κ2) is 6.63. The number of benzene rings is 1. The number of aromatic carboxylic acids is 1. The van der Waals surface area contributed by atoms with E-state index in [4.69, 9.17) is 4.74 Å². The van der Waals surface area contributed by atoms with Gasteiger partial charge in [0.2, 0.25) is 0 Å². The largest absolute Gasteiger partial charge is 0.477 e. The lowest BCUT2D eigenvalue weighted by atomic mass is 9.82. The van der Waals surface area contributed by atoms with E-state index in [0.29, 0.717) is 16.3 Å². The van der Waals surface area contributed by atoms with E-state index in [2.05, 4.69) is 11.1 Å². The molecule has 0 saturated heterocycles. The number of aryl methyl sites for hydroxylation is 1. The number of allylic oxidation sites excluding steroid dienone is 2. The van der Waals surface area contributed by atoms with E-state index >= 15 is 0 Å². The highest BCUT2D eigenvalue weighted by molar-refractivity contribution is 7.13. The van der Waals surface area contributed by atoms with Gasteiger partial charge in [0.25, 0.3) is 0 Å². The molecule has 1 heterocycles. The Morgan fingerprint density at radius 3 is 2.68 bits per heavy atom. The van der Waals surface area contributed by atoms with E-state index in [1.807, 2.05) is 42.5 Å². The SMILES string of the molecule is COC1(c2nc(C)c(C(=O)O)s2)C=CC(c2ccccc2)C(C#N)=C1. The van der Waals surface area contributed by atoms with Crippen LogP contribution in [-0.2, 0) is 10.3 Å². The predicted molar refractivity (Wildman–Crippen MR) is 94.5 cm³/mol. The summed E-state index contributed by atoms with van der Waals surface area (Å²) in [5.41, 5.74) is 0.965. The third kappa shape index (κ3) is 3.00. The first-order chi connectivity index (χ1) is 12.0. The lowest BCUT2D eigenvalue weighted by Gasteiger charge is -2.29. The number of ether oxygens (including phenoxy) is 1. The van der Waals surface area contributed by atoms with E-state index in [-0.39, 0.29) is 10.8 Å². The maximum absolute atomic E-state index is 11.3. The molecular weight excluding hydrogens is 336 g/mol. The summed E-state index contributed by atoms with van der Waals surface area (Å²) in [4.78, 5) is 15.9. The number of carboxylic acid groups (broad SMARTS) is 1. The van der Waals surface area contributed by atoms with Crippen LogP contribution in [0, 0.1) is 18.3 Å². The van der Waals surface area contributed by atoms with Gasteiger partial charge in [0.15, 0.2) is 5.60 Å². The molecule has 0 radical (unpaired) electrons. The number of carboxylic acids is 1. The van der Waals surface area contributed by atoms with E-state index < -0.39 is 11.6 Å². The highest BCUT2D eigenvalue weighted by Crippen LogP contribution is 2.41. The Bertz CT molecular complexity index is 908. The number of thiazole rings is 1. The molecule has 126 valence electrons. The lowest BCUT2D eigenvalue weighted by Crippen LogP contribution is -2.27. The Morgan fingerprint density at radius 2 is 2.12 bits per heavy atom. The highest BCUT2D eigenvalue weighted by atomic mass is 32.1. The number of rotatable bonds is 4. The number of nitriles is 1. The molecule has 0 saturated carbocycles. The first-order valence-electron chi connectivity index (χ1n) is 7.64. The second-order valence-corrected chi connectivity index (χ2v) is 6.69. The molecule has 3 rings (SSSR count). The molecule has 2 unspecified atom stereocenters. The Kier molecular flexibility index (Phi) is 4.53. The maximum atomic E-state index is 11.3. The molecule has 5 nitrogen and oxygen atoms in total. The minimum absolute atomic E-state index is 0.158. The Morgan fingerprint density at radius 1 is 1.40 bits per heavy atom. The van der Waals surface area contributed by atoms with Gasteiger partial charge >= 0.3 is 5.97 Å². The number of methoxy groups -OCH3 is 1. The van der Waals surface area contributed by atoms with Crippen molar-refractivity contribution in [2.75, 3.05) is 7.11 Å². The summed E-state index contributed by atoms with van der Waals surface area (Å²) in [6, 6.07) is 12.0. The standard InChI is InChI=1S/C19H16N2O3S/c1-12-16(17(22)23)25-18(21-12)19(24-2)9-8-15(14(10-19)11-20)13-6-4-3-5-7-13/h3-10,15H,1-2H3,(H,22,23). The fourth-order valence-corrected chi connectivity index (χ4v) is 3.90. The van der Waals surface area contributed by atoms with Crippen LogP contribution in [0.2, 0.25) is 0 Å². The zero-order chi connectivity index (χ0) is 18.0. The summed E-state index contributed by atoms with van der Waals surface area (Å²) in [6.07, 6.45) is 5.48. The highest BCUT2D eigenvalue weighted by Gasteiger charge is 2.37. The van der Waals surface area contributed by atoms with Crippen LogP contribution in [0.1, 0.15) is 31.9 Å². The van der Waals surface area contributed by atoms with Crippen LogP contribution in [0.15, 0.2) is 54.1 Å². The van der Waals surface area contributed by atoms with Crippen molar-refractivity contribution >= 4 is 17.3 Å². The molecule has 0 amide bonds. The van der Waals surface area contributed by atoms with Crippen molar-refractivity contribution in [1.82, 2.24) is 4.98 Å². The summed E-state index contributed by atoms with van der Waals surface area (Å²) in [7, 11) is 1.52. The minimum atomic E-state index is -1.03. The molecule has 1 aromatic heterocycles. The third-order valence-electron chi connectivity index (χ3n) is 4.19. The van der Waals surface area contributed by atoms with E-state index in [9.17, 15) is 15.2 Å². The fraction of sp³-hybridized carbons (Fsp3) is 0.211. The van der Waals surface area contributed by atoms with Gasteiger partial charge in [-0.05, 0) is 24.6 Å². The van der Waals surface area contributed by atoms with Crippen LogP contribution in [0.25, 0.3) is 0 Å². The molecule has 1 aliphatic rings. The van der Waals surface area contributed by atoms with Gasteiger partial charge in [-0.15, -0.1) is 11.3 Å². The fourth-order valence-electron chi connectivity index (χ4n) is 2.87. The number of aromatic nitrogens is 1. The number of nitrogens with zero attached hydrogens (tertiary/aromatic N) is 2. The monoisotopic (exact) mass is 352 g/mol. The number of hydrogen-bond acceptors (Lipinski definition) is 5. The molecule has 0 aliphatic heterocycles. The first-order valence-corrected chi connectivity index (χ1v) is 8.46. The van der Waals surface area contributed by atoms with Crippen LogP contribution < -0.4 is 0 Å². The quantitative estimate of drug-likeness (QED) is 0.846. The molecule has 1 N–H and O–H groups in total. The van der Waals surface area contributed by atoms with Crippen molar-refractivity contribution in [3.8, 4) is 6.07 Å². The van der Waals surface area contributed by atoms with Gasteiger partial charge in [0, 0.05) is 18.6 Å². The molecule has 2 aromatic rings. The molecule has 0 spiro atoms. The first kappa shape index (κ1) is 17.1. The van der Waals surface area contributed by atoms with Gasteiger partial charge in [-0.1, -0.05) is 36.4 Å². The molecule has 0 fully saturated rings. The summed E-state index contributed by atoms with van der Waals surface area (Å²) in [5, 5.41) is 19.4. The smallest absolute Gasteiger partial charge is 0.347 e. The zero-order valence-corrected chi connectivity index (χ0v) is 14.6. The molecule has 1 aliphatic carbocycles.